The highest BCUT2D eigenvalue weighted by molar-refractivity contribution is 7.99. The van der Waals surface area contributed by atoms with Crippen LogP contribution in [0.5, 0.6) is 5.75 Å². The Labute approximate surface area is 171 Å². The SMILES string of the molecule is CCCCSc1nnc(CNC(=O)c2ccc(OC)cc2)n1C1CCCCC1. The summed E-state index contributed by atoms with van der Waals surface area (Å²) in [7, 11) is 1.61. The van der Waals surface area contributed by atoms with Gasteiger partial charge in [-0.05, 0) is 43.5 Å². The molecule has 1 aromatic heterocycles. The lowest BCUT2D eigenvalue weighted by molar-refractivity contribution is 0.0949. The third-order valence-corrected chi connectivity index (χ3v) is 6.19. The molecule has 0 bridgehead atoms. The number of methoxy groups -OCH3 is 1. The number of nitrogens with one attached hydrogen (secondary N) is 1. The quantitative estimate of drug-likeness (QED) is 0.490. The molecule has 3 rings (SSSR count). The molecular weight excluding hydrogens is 372 g/mol. The lowest BCUT2D eigenvalue weighted by Gasteiger charge is -2.25. The summed E-state index contributed by atoms with van der Waals surface area (Å²) in [6.45, 7) is 2.59. The highest BCUT2D eigenvalue weighted by Gasteiger charge is 2.23. The Morgan fingerprint density at radius 3 is 2.64 bits per heavy atom. The number of carbonyl (C=O) groups excluding carboxylic acids is 1. The molecule has 0 unspecified atom stereocenters. The van der Waals surface area contributed by atoms with Crippen molar-refractivity contribution in [3.05, 3.63) is 35.7 Å². The topological polar surface area (TPSA) is 69.0 Å². The van der Waals surface area contributed by atoms with Gasteiger partial charge in [-0.15, -0.1) is 10.2 Å². The van der Waals surface area contributed by atoms with Gasteiger partial charge in [-0.1, -0.05) is 44.4 Å². The second-order valence-electron chi connectivity index (χ2n) is 7.17. The van der Waals surface area contributed by atoms with Gasteiger partial charge in [0, 0.05) is 17.4 Å². The Kier molecular flexibility index (Phi) is 7.77. The fourth-order valence-electron chi connectivity index (χ4n) is 3.54. The maximum atomic E-state index is 12.5. The highest BCUT2D eigenvalue weighted by Crippen LogP contribution is 2.32. The molecule has 0 aliphatic heterocycles. The fourth-order valence-corrected chi connectivity index (χ4v) is 4.65. The Morgan fingerprint density at radius 1 is 1.21 bits per heavy atom. The minimum Gasteiger partial charge on any atom is -0.497 e. The van der Waals surface area contributed by atoms with E-state index in [1.54, 1.807) is 43.1 Å². The zero-order valence-electron chi connectivity index (χ0n) is 16.8. The van der Waals surface area contributed by atoms with Crippen LogP contribution in [0.1, 0.15) is 74.1 Å². The van der Waals surface area contributed by atoms with Crippen molar-refractivity contribution in [2.24, 2.45) is 0 Å². The third-order valence-electron chi connectivity index (χ3n) is 5.16. The third kappa shape index (κ3) is 5.28. The molecule has 0 atom stereocenters. The van der Waals surface area contributed by atoms with Crippen molar-refractivity contribution < 1.29 is 9.53 Å². The summed E-state index contributed by atoms with van der Waals surface area (Å²) in [6, 6.07) is 7.57. The number of aromatic nitrogens is 3. The first-order valence-electron chi connectivity index (χ1n) is 10.2. The molecule has 1 N–H and O–H groups in total. The van der Waals surface area contributed by atoms with Crippen LogP contribution < -0.4 is 10.1 Å². The Morgan fingerprint density at radius 2 is 1.96 bits per heavy atom. The number of benzene rings is 1. The van der Waals surface area contributed by atoms with Crippen molar-refractivity contribution in [2.45, 2.75) is 69.6 Å². The molecule has 7 heteroatoms. The standard InChI is InChI=1S/C21H30N4O2S/c1-3-4-14-28-21-24-23-19(25(21)17-8-6-5-7-9-17)15-22-20(26)16-10-12-18(27-2)13-11-16/h10-13,17H,3-9,14-15H2,1-2H3,(H,22,26). The summed E-state index contributed by atoms with van der Waals surface area (Å²) in [6.07, 6.45) is 8.48. The summed E-state index contributed by atoms with van der Waals surface area (Å²) in [5.41, 5.74) is 0.613. The molecule has 28 heavy (non-hydrogen) atoms. The van der Waals surface area contributed by atoms with Gasteiger partial charge in [0.15, 0.2) is 11.0 Å². The van der Waals surface area contributed by atoms with E-state index in [0.717, 1.165) is 22.5 Å². The van der Waals surface area contributed by atoms with Crippen molar-refractivity contribution in [1.82, 2.24) is 20.1 Å². The van der Waals surface area contributed by atoms with Gasteiger partial charge in [-0.3, -0.25) is 4.79 Å². The van der Waals surface area contributed by atoms with Gasteiger partial charge in [0.1, 0.15) is 5.75 Å². The van der Waals surface area contributed by atoms with E-state index >= 15 is 0 Å². The molecule has 0 radical (unpaired) electrons. The minimum absolute atomic E-state index is 0.110. The first-order valence-corrected chi connectivity index (χ1v) is 11.2. The van der Waals surface area contributed by atoms with Gasteiger partial charge in [-0.25, -0.2) is 0 Å². The summed E-state index contributed by atoms with van der Waals surface area (Å²) >= 11 is 1.78. The van der Waals surface area contributed by atoms with Crippen molar-refractivity contribution in [3.63, 3.8) is 0 Å². The molecule has 2 aromatic rings. The number of hydrogen-bond acceptors (Lipinski definition) is 5. The minimum atomic E-state index is -0.110. The molecule has 1 amide bonds. The number of nitrogens with zero attached hydrogens (tertiary/aromatic N) is 3. The Balaban J connectivity index is 1.69. The van der Waals surface area contributed by atoms with Crippen LogP contribution in [0.25, 0.3) is 0 Å². The molecule has 0 saturated heterocycles. The molecular formula is C21H30N4O2S. The van der Waals surface area contributed by atoms with Crippen LogP contribution in [0.3, 0.4) is 0 Å². The molecule has 1 fully saturated rings. The summed E-state index contributed by atoms with van der Waals surface area (Å²) < 4.78 is 7.43. The normalized spacial score (nSPS) is 14.8. The van der Waals surface area contributed by atoms with Gasteiger partial charge in [-0.2, -0.15) is 0 Å². The van der Waals surface area contributed by atoms with Crippen LogP contribution in [0, 0.1) is 0 Å². The molecule has 1 aromatic carbocycles. The van der Waals surface area contributed by atoms with Gasteiger partial charge in [0.05, 0.1) is 13.7 Å². The van der Waals surface area contributed by atoms with Crippen molar-refractivity contribution in [1.29, 1.82) is 0 Å². The number of amides is 1. The smallest absolute Gasteiger partial charge is 0.251 e. The maximum absolute atomic E-state index is 12.5. The predicted molar refractivity (Wildman–Crippen MR) is 112 cm³/mol. The molecule has 1 saturated carbocycles. The van der Waals surface area contributed by atoms with E-state index < -0.39 is 0 Å². The Bertz CT molecular complexity index is 754. The lowest BCUT2D eigenvalue weighted by atomic mass is 9.95. The average molecular weight is 403 g/mol. The van der Waals surface area contributed by atoms with E-state index in [4.69, 9.17) is 4.74 Å². The second-order valence-corrected chi connectivity index (χ2v) is 8.24. The van der Waals surface area contributed by atoms with E-state index in [1.165, 1.54) is 44.9 Å². The fraction of sp³-hybridized carbons (Fsp3) is 0.571. The van der Waals surface area contributed by atoms with Crippen molar-refractivity contribution in [3.8, 4) is 5.75 Å². The highest BCUT2D eigenvalue weighted by atomic mass is 32.2. The number of rotatable bonds is 9. The zero-order chi connectivity index (χ0) is 19.8. The predicted octanol–water partition coefficient (Wildman–Crippen LogP) is 4.61. The largest absolute Gasteiger partial charge is 0.497 e. The van der Waals surface area contributed by atoms with Crippen molar-refractivity contribution in [2.75, 3.05) is 12.9 Å². The van der Waals surface area contributed by atoms with Crippen LogP contribution in [-0.4, -0.2) is 33.5 Å². The lowest BCUT2D eigenvalue weighted by Crippen LogP contribution is -2.26. The average Bonchev–Trinajstić information content (AvgIpc) is 3.15. The van der Waals surface area contributed by atoms with Crippen molar-refractivity contribution >= 4 is 17.7 Å². The number of carbonyl (C=O) groups is 1. The Hall–Kier alpha value is -2.02. The number of ether oxygens (including phenoxy) is 1. The molecule has 1 aliphatic rings. The molecule has 1 aliphatic carbocycles. The molecule has 6 nitrogen and oxygen atoms in total. The van der Waals surface area contributed by atoms with Crippen LogP contribution in [0.4, 0.5) is 0 Å². The van der Waals surface area contributed by atoms with Gasteiger partial charge < -0.3 is 14.6 Å². The molecule has 0 spiro atoms. The van der Waals surface area contributed by atoms with Crippen LogP contribution >= 0.6 is 11.8 Å². The number of hydrogen-bond donors (Lipinski definition) is 1. The van der Waals surface area contributed by atoms with Crippen LogP contribution in [0.15, 0.2) is 29.4 Å². The van der Waals surface area contributed by atoms with Gasteiger partial charge >= 0.3 is 0 Å². The summed E-state index contributed by atoms with van der Waals surface area (Å²) in [5.74, 6) is 2.54. The second kappa shape index (κ2) is 10.5. The van der Waals surface area contributed by atoms with Gasteiger partial charge in [0.25, 0.3) is 5.91 Å². The van der Waals surface area contributed by atoms with Crippen LogP contribution in [-0.2, 0) is 6.54 Å². The monoisotopic (exact) mass is 402 g/mol. The number of unbranched alkanes of at least 4 members (excludes halogenated alkanes) is 1. The van der Waals surface area contributed by atoms with E-state index in [-0.39, 0.29) is 5.91 Å². The first-order chi connectivity index (χ1) is 13.7. The van der Waals surface area contributed by atoms with E-state index in [0.29, 0.717) is 18.2 Å². The molecule has 1 heterocycles. The van der Waals surface area contributed by atoms with Gasteiger partial charge in [0.2, 0.25) is 0 Å². The zero-order valence-corrected chi connectivity index (χ0v) is 17.6. The molecule has 152 valence electrons. The maximum Gasteiger partial charge on any atom is 0.251 e. The number of thioether (sulfide) groups is 1. The van der Waals surface area contributed by atoms with E-state index in [2.05, 4.69) is 27.0 Å². The van der Waals surface area contributed by atoms with E-state index in [1.807, 2.05) is 0 Å². The summed E-state index contributed by atoms with van der Waals surface area (Å²) in [5, 5.41) is 12.9. The van der Waals surface area contributed by atoms with Crippen LogP contribution in [0.2, 0.25) is 0 Å². The van der Waals surface area contributed by atoms with E-state index in [9.17, 15) is 4.79 Å². The summed E-state index contributed by atoms with van der Waals surface area (Å²) in [4.78, 5) is 12.5. The first kappa shape index (κ1) is 20.7.